The predicted octanol–water partition coefficient (Wildman–Crippen LogP) is 11.6. The lowest BCUT2D eigenvalue weighted by Crippen LogP contribution is -2.32. The number of carbonyl (C=O) groups is 2. The van der Waals surface area contributed by atoms with Crippen molar-refractivity contribution in [2.24, 2.45) is 9.98 Å². The first-order valence-corrected chi connectivity index (χ1v) is 27.9. The monoisotopic (exact) mass is 1100 g/mol. The number of nitrogens with one attached hydrogen (secondary N) is 1. The normalized spacial score (nSPS) is 11.2. The highest BCUT2D eigenvalue weighted by Gasteiger charge is 2.13. The number of hydrogen-bond acceptors (Lipinski definition) is 14. The van der Waals surface area contributed by atoms with Crippen LogP contribution in [0.15, 0.2) is 107 Å². The first-order valence-electron chi connectivity index (χ1n) is 26.8. The molecule has 0 unspecified atom stereocenters. The van der Waals surface area contributed by atoms with Crippen LogP contribution in [0.2, 0.25) is 0 Å². The molecule has 0 saturated carbocycles. The third kappa shape index (κ3) is 31.1. The Kier molecular flexibility index (Phi) is 36.2. The zero-order valence-electron chi connectivity index (χ0n) is 45.6. The molecule has 0 atom stereocenters. The largest absolute Gasteiger partial charge is 0.465 e. The van der Waals surface area contributed by atoms with E-state index in [-0.39, 0.29) is 29.9 Å². The Balaban J connectivity index is 0.000000460. The van der Waals surface area contributed by atoms with Gasteiger partial charge in [-0.1, -0.05) is 116 Å². The van der Waals surface area contributed by atoms with Gasteiger partial charge in [0.25, 0.3) is 11.4 Å². The van der Waals surface area contributed by atoms with E-state index in [0.717, 1.165) is 74.4 Å². The van der Waals surface area contributed by atoms with Crippen LogP contribution in [-0.2, 0) is 45.2 Å². The second kappa shape index (κ2) is 41.5. The molecule has 1 N–H and O–H groups in total. The quantitative estimate of drug-likeness (QED) is 0.0115. The minimum absolute atomic E-state index is 0.0555. The van der Waals surface area contributed by atoms with Gasteiger partial charge in [-0.2, -0.15) is 0 Å². The molecule has 0 aliphatic carbocycles. The number of nitrogens with zero attached hydrogens (tertiary/aromatic N) is 7. The van der Waals surface area contributed by atoms with Gasteiger partial charge < -0.3 is 24.6 Å². The summed E-state index contributed by atoms with van der Waals surface area (Å²) in [6, 6.07) is 29.6. The van der Waals surface area contributed by atoms with Gasteiger partial charge in [-0.15, -0.1) is 0 Å². The molecule has 4 rings (SSSR count). The second-order valence-corrected chi connectivity index (χ2v) is 18.6. The molecule has 0 bridgehead atoms. The molecule has 0 saturated heterocycles. The highest BCUT2D eigenvalue weighted by Crippen LogP contribution is 2.15. The summed E-state index contributed by atoms with van der Waals surface area (Å²) in [6.07, 6.45) is 12.7. The van der Waals surface area contributed by atoms with Gasteiger partial charge in [0.2, 0.25) is 0 Å². The van der Waals surface area contributed by atoms with Crippen LogP contribution in [-0.4, -0.2) is 126 Å². The smallest absolute Gasteiger partial charge is 0.320 e. The fourth-order valence-electron chi connectivity index (χ4n) is 7.95. The second-order valence-electron chi connectivity index (χ2n) is 18.0. The number of halogens is 1. The molecule has 412 valence electrons. The molecule has 0 aliphatic rings. The molecule has 4 aromatic rings. The van der Waals surface area contributed by atoms with Crippen molar-refractivity contribution in [3.63, 3.8) is 0 Å². The van der Waals surface area contributed by atoms with Crippen LogP contribution in [0.3, 0.4) is 0 Å². The fourth-order valence-corrected chi connectivity index (χ4v) is 8.11. The Morgan fingerprint density at radius 3 is 1.39 bits per heavy atom. The van der Waals surface area contributed by atoms with Crippen LogP contribution >= 0.6 is 15.9 Å². The van der Waals surface area contributed by atoms with E-state index in [2.05, 4.69) is 115 Å². The van der Waals surface area contributed by atoms with E-state index in [1.165, 1.54) is 88.0 Å². The van der Waals surface area contributed by atoms with E-state index in [1.54, 1.807) is 37.6 Å². The van der Waals surface area contributed by atoms with Crippen molar-refractivity contribution in [3.8, 4) is 0 Å². The van der Waals surface area contributed by atoms with Gasteiger partial charge in [0.15, 0.2) is 0 Å². The topological polar surface area (TPSA) is 185 Å². The van der Waals surface area contributed by atoms with Crippen molar-refractivity contribution < 1.29 is 28.9 Å². The molecule has 16 nitrogen and oxygen atoms in total. The number of nitro benzene ring substituents is 2. The number of ether oxygens (including phenoxy) is 2. The maximum absolute atomic E-state index is 12.2. The summed E-state index contributed by atoms with van der Waals surface area (Å²) in [5.41, 5.74) is 6.15. The van der Waals surface area contributed by atoms with Gasteiger partial charge in [0.1, 0.15) is 5.33 Å². The first kappa shape index (κ1) is 65.4. The number of alkyl halides is 1. The van der Waals surface area contributed by atoms with Crippen molar-refractivity contribution in [2.45, 2.75) is 119 Å². The highest BCUT2D eigenvalue weighted by molar-refractivity contribution is 9.09. The Bertz CT molecular complexity index is 2230. The third-order valence-corrected chi connectivity index (χ3v) is 11.9. The van der Waals surface area contributed by atoms with Crippen molar-refractivity contribution >= 4 is 51.7 Å². The van der Waals surface area contributed by atoms with Gasteiger partial charge in [0.05, 0.1) is 42.7 Å². The van der Waals surface area contributed by atoms with Crippen molar-refractivity contribution in [1.29, 1.82) is 0 Å². The highest BCUT2D eigenvalue weighted by atomic mass is 79.9. The van der Waals surface area contributed by atoms with E-state index >= 15 is 0 Å². The molecule has 0 radical (unpaired) electrons. The van der Waals surface area contributed by atoms with Gasteiger partial charge in [-0.05, 0) is 151 Å². The zero-order valence-corrected chi connectivity index (χ0v) is 47.2. The molecular formula is C58H85BrN8O8. The van der Waals surface area contributed by atoms with Crippen molar-refractivity contribution in [3.05, 3.63) is 151 Å². The molecule has 0 aromatic heterocycles. The number of hydrogen-bond donors (Lipinski definition) is 1. The van der Waals surface area contributed by atoms with Crippen molar-refractivity contribution in [2.75, 3.05) is 77.4 Å². The summed E-state index contributed by atoms with van der Waals surface area (Å²) < 4.78 is 9.70. The molecule has 0 heterocycles. The Labute approximate surface area is 455 Å². The van der Waals surface area contributed by atoms with E-state index in [9.17, 15) is 29.8 Å². The lowest BCUT2D eigenvalue weighted by atomic mass is 10.1. The van der Waals surface area contributed by atoms with Crippen LogP contribution in [0.25, 0.3) is 0 Å². The summed E-state index contributed by atoms with van der Waals surface area (Å²) in [7, 11) is 0. The van der Waals surface area contributed by atoms with Crippen LogP contribution in [0.1, 0.15) is 126 Å². The minimum Gasteiger partial charge on any atom is -0.465 e. The number of nitro groups is 2. The van der Waals surface area contributed by atoms with Gasteiger partial charge in [-0.25, -0.2) is 0 Å². The average molecular weight is 1100 g/mol. The molecule has 0 spiro atoms. The molecular weight excluding hydrogens is 1020 g/mol. The Morgan fingerprint density at radius 1 is 0.560 bits per heavy atom. The van der Waals surface area contributed by atoms with E-state index in [0.29, 0.717) is 43.7 Å². The lowest BCUT2D eigenvalue weighted by molar-refractivity contribution is -0.385. The number of unbranched alkanes of at least 4 members (excludes halogenated alkanes) is 2. The number of rotatable bonds is 35. The molecule has 17 heteroatoms. The van der Waals surface area contributed by atoms with Crippen molar-refractivity contribution in [1.82, 2.24) is 20.0 Å². The van der Waals surface area contributed by atoms with Gasteiger partial charge in [0, 0.05) is 49.8 Å². The third-order valence-electron chi connectivity index (χ3n) is 11.5. The van der Waals surface area contributed by atoms with Gasteiger partial charge >= 0.3 is 11.9 Å². The van der Waals surface area contributed by atoms with Crippen LogP contribution in [0, 0.1) is 20.2 Å². The summed E-state index contributed by atoms with van der Waals surface area (Å²) >= 11 is 2.94. The number of carbonyl (C=O) groups excluding carboxylic acids is 2. The maximum Gasteiger partial charge on any atom is 0.320 e. The minimum atomic E-state index is -0.408. The number of non-ortho nitro benzene ring substituents is 2. The fraction of sp³-hybridized carbons (Fsp3) is 0.517. The summed E-state index contributed by atoms with van der Waals surface area (Å²) in [4.78, 5) is 59.4. The average Bonchev–Trinajstić information content (AvgIpc) is 3.40. The number of aliphatic imine (C=N–C) groups is 2. The van der Waals surface area contributed by atoms with E-state index < -0.39 is 9.85 Å². The van der Waals surface area contributed by atoms with Crippen LogP contribution < -0.4 is 5.32 Å². The molecule has 0 aliphatic heterocycles. The molecule has 0 fully saturated rings. The number of esters is 2. The van der Waals surface area contributed by atoms with E-state index in [4.69, 9.17) is 4.74 Å². The molecule has 75 heavy (non-hydrogen) atoms. The first-order chi connectivity index (χ1) is 36.4. The standard InChI is InChI=1S/C29H42N4O4.C25H36N4O2.C4H7BrO2/c1-4-16-31(17-5-2)18-7-8-19-32(24-29(34)37-6-3)23-26-14-12-25(13-15-26)21-30-22-27-10-9-11-28(20-27)33(35)36;1-3-15-28(16-4-2)17-6-5-14-26-19-22-10-12-23(13-11-22)20-27-21-24-8-7-9-25(18-24)29(30)31;1-2-7-4(6)3-5/h9-15,20,22H,4-8,16-19,21,23-24H2,1-3H3;7-13,18,21,26H,3-6,14-17,19-20H2,1-2H3;2-3H2,1H3. The lowest BCUT2D eigenvalue weighted by Gasteiger charge is -2.24. The summed E-state index contributed by atoms with van der Waals surface area (Å²) in [6.45, 7) is 25.2. The SMILES string of the molecule is CCCN(CCC)CCCCN(CC(=O)OCC)Cc1ccc(CN=Cc2cccc([N+](=O)[O-])c2)cc1.CCCN(CCC)CCCCNCc1ccc(CN=Cc2cccc([N+](=O)[O-])c2)cc1.CCOC(=O)CBr. The Hall–Kier alpha value is -5.72. The van der Waals surface area contributed by atoms with Crippen LogP contribution in [0.4, 0.5) is 11.4 Å². The number of benzene rings is 4. The zero-order chi connectivity index (χ0) is 54.9. The van der Waals surface area contributed by atoms with Crippen LogP contribution in [0.5, 0.6) is 0 Å². The van der Waals surface area contributed by atoms with Gasteiger partial charge in [-0.3, -0.25) is 44.7 Å². The molecule has 4 aromatic carbocycles. The summed E-state index contributed by atoms with van der Waals surface area (Å²) in [5.74, 6) is -0.393. The maximum atomic E-state index is 12.2. The summed E-state index contributed by atoms with van der Waals surface area (Å²) in [5, 5.41) is 25.6. The van der Waals surface area contributed by atoms with E-state index in [1.807, 2.05) is 25.1 Å². The Morgan fingerprint density at radius 2 is 0.973 bits per heavy atom. The molecule has 0 amide bonds. The predicted molar refractivity (Wildman–Crippen MR) is 308 cm³/mol.